The Morgan fingerprint density at radius 3 is 2.10 bits per heavy atom. The first-order valence-electron chi connectivity index (χ1n) is 8.29. The van der Waals surface area contributed by atoms with Gasteiger partial charge in [-0.3, -0.25) is 0 Å². The molecule has 0 aliphatic carbocycles. The molecule has 0 bridgehead atoms. The third-order valence-corrected chi connectivity index (χ3v) is 5.84. The van der Waals surface area contributed by atoms with Crippen molar-refractivity contribution in [3.05, 3.63) is 71.8 Å². The molecule has 2 atom stereocenters. The van der Waals surface area contributed by atoms with Crippen LogP contribution in [0.5, 0.6) is 0 Å². The van der Waals surface area contributed by atoms with Gasteiger partial charge in [0.25, 0.3) is 0 Å². The SMILES string of the molecule is C[B-]1CC(c2ccccc2)(c2ccccc2)[C@@H]2CCC[NH+]12. The molecule has 21 heavy (non-hydrogen) atoms. The van der Waals surface area contributed by atoms with Crippen LogP contribution < -0.4 is 4.81 Å². The van der Waals surface area contributed by atoms with Crippen molar-refractivity contribution in [3.63, 3.8) is 0 Å². The Morgan fingerprint density at radius 1 is 0.952 bits per heavy atom. The predicted molar refractivity (Wildman–Crippen MR) is 88.9 cm³/mol. The summed E-state index contributed by atoms with van der Waals surface area (Å²) in [5, 5.41) is 0. The number of nitrogens with one attached hydrogen (secondary N) is 1. The van der Waals surface area contributed by atoms with Crippen molar-refractivity contribution in [1.29, 1.82) is 0 Å². The van der Waals surface area contributed by atoms with Crippen LogP contribution in [0.25, 0.3) is 0 Å². The van der Waals surface area contributed by atoms with E-state index in [0.29, 0.717) is 0 Å². The molecule has 2 heterocycles. The minimum atomic E-state index is 0.216. The van der Waals surface area contributed by atoms with Crippen molar-refractivity contribution < 1.29 is 4.81 Å². The highest BCUT2D eigenvalue weighted by Gasteiger charge is 2.52. The van der Waals surface area contributed by atoms with Gasteiger partial charge in [0.2, 0.25) is 0 Å². The van der Waals surface area contributed by atoms with Gasteiger partial charge >= 0.3 is 0 Å². The minimum Gasteiger partial charge on any atom is -0.544 e. The Hall–Kier alpha value is -1.54. The van der Waals surface area contributed by atoms with Crippen molar-refractivity contribution in [3.8, 4) is 0 Å². The van der Waals surface area contributed by atoms with Crippen LogP contribution in [0, 0.1) is 0 Å². The Bertz CT molecular complexity index is 570. The van der Waals surface area contributed by atoms with E-state index in [1.54, 1.807) is 0 Å². The van der Waals surface area contributed by atoms with Crippen molar-refractivity contribution in [2.45, 2.75) is 37.4 Å². The normalized spacial score (nSPS) is 27.7. The summed E-state index contributed by atoms with van der Waals surface area (Å²) >= 11 is 0. The van der Waals surface area contributed by atoms with Crippen LogP contribution in [0.2, 0.25) is 13.1 Å². The second-order valence-corrected chi connectivity index (χ2v) is 6.83. The lowest BCUT2D eigenvalue weighted by atomic mass is 9.54. The average Bonchev–Trinajstić information content (AvgIpc) is 3.13. The molecule has 4 rings (SSSR count). The number of quaternary nitrogens is 1. The maximum Gasteiger partial charge on any atom is 0.126 e. The number of rotatable bonds is 2. The minimum absolute atomic E-state index is 0.216. The van der Waals surface area contributed by atoms with Gasteiger partial charge in [-0.1, -0.05) is 60.7 Å². The van der Waals surface area contributed by atoms with E-state index >= 15 is 0 Å². The molecule has 0 amide bonds. The van der Waals surface area contributed by atoms with Gasteiger partial charge < -0.3 is 4.81 Å². The van der Waals surface area contributed by atoms with Crippen molar-refractivity contribution in [2.24, 2.45) is 0 Å². The summed E-state index contributed by atoms with van der Waals surface area (Å²) in [5.74, 6) is 0. The summed E-state index contributed by atoms with van der Waals surface area (Å²) in [4.78, 5) is 1.84. The molecule has 107 valence electrons. The maximum atomic E-state index is 2.45. The lowest BCUT2D eigenvalue weighted by Gasteiger charge is -2.38. The van der Waals surface area contributed by atoms with Crippen LogP contribution in [-0.2, 0) is 5.41 Å². The molecule has 0 aromatic heterocycles. The van der Waals surface area contributed by atoms with Crippen molar-refractivity contribution in [2.75, 3.05) is 6.54 Å². The molecule has 0 saturated carbocycles. The van der Waals surface area contributed by atoms with E-state index in [1.165, 1.54) is 36.8 Å². The molecule has 1 N–H and O–H groups in total. The molecule has 2 aliphatic heterocycles. The number of hydrogen-bond acceptors (Lipinski definition) is 0. The Kier molecular flexibility index (Phi) is 3.15. The van der Waals surface area contributed by atoms with Gasteiger partial charge in [0.15, 0.2) is 0 Å². The van der Waals surface area contributed by atoms with Gasteiger partial charge in [-0.25, -0.2) is 0 Å². The molecule has 0 spiro atoms. The van der Waals surface area contributed by atoms with Crippen molar-refractivity contribution >= 4 is 6.85 Å². The molecule has 1 nitrogen and oxygen atoms in total. The van der Waals surface area contributed by atoms with Gasteiger partial charge in [0, 0.05) is 18.4 Å². The first kappa shape index (κ1) is 13.2. The quantitative estimate of drug-likeness (QED) is 0.804. The lowest BCUT2D eigenvalue weighted by molar-refractivity contribution is -0.800. The van der Waals surface area contributed by atoms with E-state index in [0.717, 1.165) is 12.9 Å². The van der Waals surface area contributed by atoms with Crippen LogP contribution in [0.1, 0.15) is 24.0 Å². The number of benzene rings is 2. The monoisotopic (exact) mass is 276 g/mol. The van der Waals surface area contributed by atoms with Crippen LogP contribution in [0.15, 0.2) is 60.7 Å². The zero-order valence-electron chi connectivity index (χ0n) is 12.8. The summed E-state index contributed by atoms with van der Waals surface area (Å²) in [6.45, 7) is 4.56. The van der Waals surface area contributed by atoms with E-state index in [1.807, 2.05) is 4.81 Å². The molecular weight excluding hydrogens is 253 g/mol. The molecule has 1 radical (unpaired) electrons. The fraction of sp³-hybridized carbons (Fsp3) is 0.368. The summed E-state index contributed by atoms with van der Waals surface area (Å²) in [6, 6.07) is 23.2. The fourth-order valence-electron chi connectivity index (χ4n) is 5.05. The summed E-state index contributed by atoms with van der Waals surface area (Å²) in [6.07, 6.45) is 4.02. The molecule has 2 aliphatic rings. The summed E-state index contributed by atoms with van der Waals surface area (Å²) in [5.41, 5.74) is 3.25. The topological polar surface area (TPSA) is 4.44 Å². The second-order valence-electron chi connectivity index (χ2n) is 6.83. The first-order chi connectivity index (χ1) is 10.3. The predicted octanol–water partition coefficient (Wildman–Crippen LogP) is 2.65. The van der Waals surface area contributed by atoms with Crippen molar-refractivity contribution in [1.82, 2.24) is 0 Å². The molecule has 2 heteroatoms. The third kappa shape index (κ3) is 1.89. The van der Waals surface area contributed by atoms with E-state index in [-0.39, 0.29) is 5.41 Å². The number of fused-ring (bicyclic) bond motifs is 1. The molecule has 2 aromatic carbocycles. The Balaban J connectivity index is 1.92. The lowest BCUT2D eigenvalue weighted by Crippen LogP contribution is -3.17. The molecule has 2 aromatic rings. The van der Waals surface area contributed by atoms with Gasteiger partial charge in [-0.2, -0.15) is 6.82 Å². The van der Waals surface area contributed by atoms with E-state index < -0.39 is 0 Å². The molecule has 2 saturated heterocycles. The first-order valence-corrected chi connectivity index (χ1v) is 8.29. The smallest absolute Gasteiger partial charge is 0.126 e. The van der Waals surface area contributed by atoms with E-state index in [4.69, 9.17) is 0 Å². The van der Waals surface area contributed by atoms with Crippen LogP contribution in [0.3, 0.4) is 0 Å². The van der Waals surface area contributed by atoms with Gasteiger partial charge in [0.1, 0.15) is 6.85 Å². The third-order valence-electron chi connectivity index (χ3n) is 5.84. The fourth-order valence-corrected chi connectivity index (χ4v) is 5.05. The largest absolute Gasteiger partial charge is 0.544 e. The highest BCUT2D eigenvalue weighted by atomic mass is 15.2. The van der Waals surface area contributed by atoms with Crippen LogP contribution >= 0.6 is 0 Å². The summed E-state index contributed by atoms with van der Waals surface area (Å²) < 4.78 is 0. The summed E-state index contributed by atoms with van der Waals surface area (Å²) in [7, 11) is 0. The van der Waals surface area contributed by atoms with Gasteiger partial charge in [0.05, 0.1) is 6.04 Å². The standard InChI is InChI=1S/C19H23BN/c1-20-15-19(16-9-4-2-5-10-16,17-11-6-3-7-12-17)18-13-8-14-21(18)20/h2-7,9-12,18,21H,8,13-15H2,1H3/t18-/m0/s1. The zero-order chi connectivity index (χ0) is 14.3. The van der Waals surface area contributed by atoms with Crippen LogP contribution in [-0.4, -0.2) is 19.4 Å². The number of hydrogen-bond donors (Lipinski definition) is 1. The average molecular weight is 276 g/mol. The van der Waals surface area contributed by atoms with E-state index in [9.17, 15) is 0 Å². The highest BCUT2D eigenvalue weighted by Crippen LogP contribution is 2.44. The van der Waals surface area contributed by atoms with Gasteiger partial charge in [-0.15, -0.1) is 6.32 Å². The molecule has 1 unspecified atom stereocenters. The molecular formula is C19H23BN. The Labute approximate surface area is 128 Å². The maximum absolute atomic E-state index is 2.45. The zero-order valence-corrected chi connectivity index (χ0v) is 12.8. The van der Waals surface area contributed by atoms with Crippen LogP contribution in [0.4, 0.5) is 0 Å². The second kappa shape index (κ2) is 5.03. The Morgan fingerprint density at radius 2 is 1.52 bits per heavy atom. The highest BCUT2D eigenvalue weighted by molar-refractivity contribution is 6.49. The van der Waals surface area contributed by atoms with Gasteiger partial charge in [-0.05, 0) is 17.5 Å². The van der Waals surface area contributed by atoms with E-state index in [2.05, 4.69) is 67.5 Å². The molecule has 2 fully saturated rings.